The van der Waals surface area contributed by atoms with E-state index in [1.54, 1.807) is 0 Å². The van der Waals surface area contributed by atoms with Gasteiger partial charge in [-0.3, -0.25) is 9.83 Å². The van der Waals surface area contributed by atoms with Crippen LogP contribution < -0.4 is 133 Å². The Morgan fingerprint density at radius 2 is 1.81 bits per heavy atom. The first-order chi connectivity index (χ1) is 14.9. The molecule has 0 radical (unpaired) electrons. The van der Waals surface area contributed by atoms with Gasteiger partial charge >= 0.3 is 118 Å². The molecule has 1 aromatic heterocycles. The molecule has 15 nitrogen and oxygen atoms in total. The van der Waals surface area contributed by atoms with Gasteiger partial charge in [-0.25, -0.2) is 13.4 Å². The van der Waals surface area contributed by atoms with Crippen LogP contribution in [0.15, 0.2) is 38.2 Å². The smallest absolute Gasteiger partial charge is 0.790 e. The topological polar surface area (TPSA) is 246 Å². The Balaban J connectivity index is -0.00000272. The molecule has 0 spiro atoms. The number of phosphoric acid groups is 1. The predicted molar refractivity (Wildman–Crippen MR) is 95.0 cm³/mol. The van der Waals surface area contributed by atoms with E-state index in [-0.39, 0.29) is 153 Å². The number of carbonyl (C=O) groups is 1. The van der Waals surface area contributed by atoms with E-state index in [0.717, 1.165) is 18.2 Å². The number of nitrogens with zero attached hydrogens (tertiary/aromatic N) is 3. The molecule has 0 bridgehead atoms. The molecule has 0 saturated carbocycles. The fourth-order valence-electron chi connectivity index (χ4n) is 2.19. The molecule has 2 aromatic rings. The normalized spacial score (nSPS) is 11.0. The van der Waals surface area contributed by atoms with Gasteiger partial charge in [0.05, 0.1) is 47.5 Å². The zero-order chi connectivity index (χ0) is 24.1. The molecular weight excluding hydrogens is 589 g/mol. The van der Waals surface area contributed by atoms with Crippen molar-refractivity contribution in [1.29, 1.82) is 0 Å². The second-order valence-electron chi connectivity index (χ2n) is 5.60. The molecule has 2 rings (SSSR count). The quantitative estimate of drug-likeness (QED) is 0.0390. The number of rotatable bonds is 10. The van der Waals surface area contributed by atoms with Crippen molar-refractivity contribution < 1.29 is 175 Å². The standard InChI is InChI=1S/C14H14N3O12PS2.4Na/c1-7-13(19)9(5-18)10(6-27-30(21,22)23)14(15-7)17-16-11-4-8(32(24,25)26)2-3-12(11)31-29-28-20;;;;/h2-5,19-20H,6H2,1H3,(H2,21,22,23)(H,24,25,26);;;;/q;4*+1/p-4. The summed E-state index contributed by atoms with van der Waals surface area (Å²) in [5.41, 5.74) is -1.40. The maximum Gasteiger partial charge on any atom is 1.00 e. The van der Waals surface area contributed by atoms with Gasteiger partial charge in [-0.1, -0.05) is 0 Å². The van der Waals surface area contributed by atoms with Gasteiger partial charge in [0.1, 0.15) is 21.6 Å². The summed E-state index contributed by atoms with van der Waals surface area (Å²) in [4.78, 5) is 36.0. The van der Waals surface area contributed by atoms with Crippen LogP contribution >= 0.6 is 19.9 Å². The van der Waals surface area contributed by atoms with Gasteiger partial charge < -0.3 is 33.8 Å². The molecule has 1 heterocycles. The number of aromatic hydroxyl groups is 1. The number of benzene rings is 1. The zero-order valence-corrected chi connectivity index (χ0v) is 30.1. The van der Waals surface area contributed by atoms with Crippen LogP contribution in [0.1, 0.15) is 21.6 Å². The summed E-state index contributed by atoms with van der Waals surface area (Å²) in [5, 5.41) is 30.6. The molecule has 174 valence electrons. The van der Waals surface area contributed by atoms with Crippen molar-refractivity contribution in [2.24, 2.45) is 10.2 Å². The minimum Gasteiger partial charge on any atom is -0.790 e. The van der Waals surface area contributed by atoms with Gasteiger partial charge in [-0.2, -0.15) is 4.33 Å². The molecular formula is C14H10N3Na4O12PS2. The van der Waals surface area contributed by atoms with Gasteiger partial charge in [-0.05, 0) is 25.1 Å². The minimum absolute atomic E-state index is 0. The van der Waals surface area contributed by atoms with Gasteiger partial charge in [0.25, 0.3) is 0 Å². The molecule has 0 saturated heterocycles. The summed E-state index contributed by atoms with van der Waals surface area (Å²) >= 11 is 0.286. The second kappa shape index (κ2) is 18.9. The fraction of sp³-hybridized carbons (Fsp3) is 0.143. The number of hydrogen-bond donors (Lipinski definition) is 1. The average Bonchev–Trinajstić information content (AvgIpc) is 2.70. The fourth-order valence-corrected chi connectivity index (χ4v) is 3.37. The van der Waals surface area contributed by atoms with E-state index in [0.29, 0.717) is 0 Å². The number of aromatic nitrogens is 1. The minimum atomic E-state index is -5.49. The number of hydrogen-bond acceptors (Lipinski definition) is 16. The number of phosphoric ester groups is 1. The van der Waals surface area contributed by atoms with Gasteiger partial charge in [0.15, 0.2) is 12.1 Å². The Bertz CT molecular complexity index is 1220. The second-order valence-corrected chi connectivity index (χ2v) is 8.88. The van der Waals surface area contributed by atoms with E-state index in [4.69, 9.17) is 0 Å². The molecule has 0 fully saturated rings. The Labute approximate surface area is 297 Å². The van der Waals surface area contributed by atoms with Crippen LogP contribution in [0, 0.1) is 6.92 Å². The maximum absolute atomic E-state index is 11.4. The molecule has 0 atom stereocenters. The van der Waals surface area contributed by atoms with Crippen LogP contribution in [0.25, 0.3) is 0 Å². The van der Waals surface area contributed by atoms with E-state index < -0.39 is 52.1 Å². The van der Waals surface area contributed by atoms with Crippen LogP contribution in [0.5, 0.6) is 5.75 Å². The van der Waals surface area contributed by atoms with Crippen molar-refractivity contribution in [2.75, 3.05) is 0 Å². The zero-order valence-electron chi connectivity index (χ0n) is 19.6. The molecule has 0 aliphatic rings. The number of pyridine rings is 1. The molecule has 0 unspecified atom stereocenters. The Hall–Kier alpha value is 1.69. The van der Waals surface area contributed by atoms with Gasteiger partial charge in [-0.15, -0.1) is 10.2 Å². The van der Waals surface area contributed by atoms with E-state index in [1.165, 1.54) is 6.92 Å². The van der Waals surface area contributed by atoms with Crippen molar-refractivity contribution in [3.63, 3.8) is 0 Å². The van der Waals surface area contributed by atoms with Crippen molar-refractivity contribution in [3.8, 4) is 5.75 Å². The molecule has 36 heavy (non-hydrogen) atoms. The van der Waals surface area contributed by atoms with Gasteiger partial charge in [0.2, 0.25) is 0 Å². The summed E-state index contributed by atoms with van der Waals surface area (Å²) in [5.74, 6) is -1.12. The summed E-state index contributed by atoms with van der Waals surface area (Å²) in [6.07, 6.45) is 0.133. The molecule has 0 aliphatic carbocycles. The Kier molecular flexibility index (Phi) is 22.2. The predicted octanol–water partition coefficient (Wildman–Crippen LogP) is -12.2. The molecule has 1 N–H and O–H groups in total. The first-order valence-corrected chi connectivity index (χ1v) is 11.5. The van der Waals surface area contributed by atoms with E-state index in [2.05, 4.69) is 29.1 Å². The summed E-state index contributed by atoms with van der Waals surface area (Å²) in [6.45, 7) is 0.237. The van der Waals surface area contributed by atoms with E-state index in [9.17, 15) is 42.5 Å². The third kappa shape index (κ3) is 12.9. The van der Waals surface area contributed by atoms with Crippen molar-refractivity contribution in [3.05, 3.63) is 35.0 Å². The van der Waals surface area contributed by atoms with Crippen LogP contribution in [0.3, 0.4) is 0 Å². The molecule has 1 aromatic carbocycles. The van der Waals surface area contributed by atoms with Crippen LogP contribution in [-0.4, -0.2) is 29.3 Å². The SMILES string of the molecule is Cc1nc(N=Nc2cc(S(=O)(=O)[O-])ccc2SOO[O-])c(COP(=O)([O-])[O-])c(C=O)c1O.[Na+].[Na+].[Na+].[Na+]. The van der Waals surface area contributed by atoms with Crippen molar-refractivity contribution in [1.82, 2.24) is 4.98 Å². The van der Waals surface area contributed by atoms with Crippen LogP contribution in [0.2, 0.25) is 0 Å². The first-order valence-electron chi connectivity index (χ1n) is 7.86. The summed E-state index contributed by atoms with van der Waals surface area (Å²) in [6, 6.07) is 2.71. The summed E-state index contributed by atoms with van der Waals surface area (Å²) in [7, 11) is -10.4. The average molecular weight is 599 g/mol. The number of aryl methyl sites for hydroxylation is 1. The maximum atomic E-state index is 11.4. The third-order valence-corrected chi connectivity index (χ3v) is 5.50. The van der Waals surface area contributed by atoms with Gasteiger partial charge in [0, 0.05) is 5.56 Å². The largest absolute Gasteiger partial charge is 1.00 e. The number of carbonyl (C=O) groups excluding carboxylic acids is 1. The summed E-state index contributed by atoms with van der Waals surface area (Å²) < 4.78 is 52.8. The molecule has 22 heteroatoms. The van der Waals surface area contributed by atoms with Crippen molar-refractivity contribution >= 4 is 47.8 Å². The van der Waals surface area contributed by atoms with Crippen LogP contribution in [-0.2, 0) is 35.2 Å². The molecule has 0 aliphatic heterocycles. The van der Waals surface area contributed by atoms with E-state index in [1.807, 2.05) is 0 Å². The number of azo groups is 1. The monoisotopic (exact) mass is 599 g/mol. The molecule has 0 amide bonds. The number of aldehydes is 1. The van der Waals surface area contributed by atoms with Crippen molar-refractivity contribution in [2.45, 2.75) is 23.3 Å². The third-order valence-electron chi connectivity index (χ3n) is 3.57. The Morgan fingerprint density at radius 3 is 2.31 bits per heavy atom. The van der Waals surface area contributed by atoms with Crippen LogP contribution in [0.4, 0.5) is 11.5 Å². The first kappa shape index (κ1) is 42.2. The van der Waals surface area contributed by atoms with E-state index >= 15 is 0 Å². The Morgan fingerprint density at radius 1 is 1.19 bits per heavy atom.